The molecule has 0 unspecified atom stereocenters. The Hall–Kier alpha value is -2.30. The fraction of sp³-hybridized carbons (Fsp3) is 0.0526. The Kier molecular flexibility index (Phi) is 6.30. The largest absolute Gasteiger partial charge is 0.507 e. The summed E-state index contributed by atoms with van der Waals surface area (Å²) in [6.45, 7) is 3.45. The van der Waals surface area contributed by atoms with E-state index in [0.717, 1.165) is 6.07 Å². The Morgan fingerprint density at radius 2 is 1.70 bits per heavy atom. The van der Waals surface area contributed by atoms with Crippen molar-refractivity contribution in [2.75, 3.05) is 11.3 Å². The van der Waals surface area contributed by atoms with Crippen LogP contribution >= 0.6 is 23.2 Å². The first-order chi connectivity index (χ1) is 14.0. The second-order valence-electron chi connectivity index (χ2n) is 6.17. The third kappa shape index (κ3) is 4.55. The lowest BCUT2D eigenvalue weighted by Crippen LogP contribution is -2.23. The smallest absolute Gasteiger partial charge is 0.262 e. The summed E-state index contributed by atoms with van der Waals surface area (Å²) in [4.78, 5) is -0.437. The Bertz CT molecular complexity index is 1360. The number of phenols is 1. The summed E-state index contributed by atoms with van der Waals surface area (Å²) in [6, 6.07) is 10.7. The highest BCUT2D eigenvalue weighted by Gasteiger charge is 2.22. The van der Waals surface area contributed by atoms with Crippen molar-refractivity contribution in [3.63, 3.8) is 0 Å². The molecule has 3 aromatic rings. The average Bonchev–Trinajstić information content (AvgIpc) is 2.68. The molecule has 0 bridgehead atoms. The van der Waals surface area contributed by atoms with E-state index in [1.165, 1.54) is 48.5 Å². The van der Waals surface area contributed by atoms with E-state index in [1.54, 1.807) is 0 Å². The van der Waals surface area contributed by atoms with Crippen LogP contribution < -0.4 is 9.44 Å². The Balaban J connectivity index is 2.08. The normalized spacial score (nSPS) is 12.1. The molecule has 0 saturated heterocycles. The van der Waals surface area contributed by atoms with E-state index in [9.17, 15) is 21.9 Å². The van der Waals surface area contributed by atoms with Gasteiger partial charge in [-0.1, -0.05) is 41.4 Å². The molecule has 0 aliphatic rings. The quantitative estimate of drug-likeness (QED) is 0.434. The first-order valence-electron chi connectivity index (χ1n) is 8.39. The molecule has 30 heavy (non-hydrogen) atoms. The molecule has 0 aromatic heterocycles. The number of hydrogen-bond acceptors (Lipinski definition) is 5. The van der Waals surface area contributed by atoms with Crippen LogP contribution in [0.4, 0.5) is 5.69 Å². The Labute approximate surface area is 184 Å². The monoisotopic (exact) mass is 486 g/mol. The van der Waals surface area contributed by atoms with E-state index in [-0.39, 0.29) is 42.8 Å². The van der Waals surface area contributed by atoms with E-state index >= 15 is 0 Å². The molecule has 0 aliphatic heterocycles. The molecule has 0 heterocycles. The second-order valence-corrected chi connectivity index (χ2v) is 10.4. The van der Waals surface area contributed by atoms with Gasteiger partial charge in [0.15, 0.2) is 0 Å². The van der Waals surface area contributed by atoms with Crippen LogP contribution in [-0.2, 0) is 20.0 Å². The van der Waals surface area contributed by atoms with Gasteiger partial charge in [0.25, 0.3) is 10.0 Å². The van der Waals surface area contributed by atoms with Crippen molar-refractivity contribution in [1.29, 1.82) is 0 Å². The van der Waals surface area contributed by atoms with Gasteiger partial charge in [0, 0.05) is 18.0 Å². The highest BCUT2D eigenvalue weighted by atomic mass is 35.5. The third-order valence-electron chi connectivity index (χ3n) is 4.08. The number of anilines is 1. The zero-order valence-electron chi connectivity index (χ0n) is 15.3. The van der Waals surface area contributed by atoms with E-state index in [1.807, 2.05) is 0 Å². The zero-order valence-corrected chi connectivity index (χ0v) is 18.4. The second kappa shape index (κ2) is 8.44. The molecule has 0 saturated carbocycles. The molecular weight excluding hydrogens is 471 g/mol. The summed E-state index contributed by atoms with van der Waals surface area (Å²) in [5.74, 6) is -0.499. The van der Waals surface area contributed by atoms with Crippen LogP contribution in [0.2, 0.25) is 10.0 Å². The average molecular weight is 487 g/mol. The van der Waals surface area contributed by atoms with Crippen LogP contribution in [0.5, 0.6) is 5.75 Å². The number of halogens is 2. The Morgan fingerprint density at radius 3 is 2.37 bits per heavy atom. The van der Waals surface area contributed by atoms with Crippen molar-refractivity contribution in [2.24, 2.45) is 0 Å². The van der Waals surface area contributed by atoms with Crippen LogP contribution in [-0.4, -0.2) is 28.5 Å². The van der Waals surface area contributed by atoms with Crippen molar-refractivity contribution >= 4 is 59.7 Å². The lowest BCUT2D eigenvalue weighted by Gasteiger charge is -2.13. The predicted octanol–water partition coefficient (Wildman–Crippen LogP) is 4.12. The number of benzene rings is 3. The number of aromatic hydroxyl groups is 1. The number of rotatable bonds is 7. The Morgan fingerprint density at radius 1 is 0.967 bits per heavy atom. The standard InChI is InChI=1S/C19H16Cl2N2O5S2/c1-2-8-22-30(27,28)18-5-3-4-12-9-14(11-17(24)19(12)18)29(25,26)23-13-6-7-15(20)16(21)10-13/h2-7,9-11,22-24H,1,8H2. The van der Waals surface area contributed by atoms with Crippen molar-refractivity contribution in [3.8, 4) is 5.75 Å². The van der Waals surface area contributed by atoms with Gasteiger partial charge in [0.1, 0.15) is 5.75 Å². The minimum Gasteiger partial charge on any atom is -0.507 e. The molecule has 0 aliphatic carbocycles. The summed E-state index contributed by atoms with van der Waals surface area (Å²) in [5, 5.41) is 11.2. The van der Waals surface area contributed by atoms with E-state index in [2.05, 4.69) is 16.0 Å². The topological polar surface area (TPSA) is 113 Å². The maximum Gasteiger partial charge on any atom is 0.262 e. The molecule has 7 nitrogen and oxygen atoms in total. The fourth-order valence-corrected chi connectivity index (χ4v) is 5.39. The molecule has 0 fully saturated rings. The number of sulfonamides is 2. The molecule has 158 valence electrons. The minimum atomic E-state index is -4.11. The zero-order chi connectivity index (χ0) is 22.1. The molecule has 3 rings (SSSR count). The number of nitrogens with one attached hydrogen (secondary N) is 2. The van der Waals surface area contributed by atoms with Gasteiger partial charge in [-0.15, -0.1) is 6.58 Å². The lowest BCUT2D eigenvalue weighted by molar-refractivity contribution is 0.478. The SMILES string of the molecule is C=CCNS(=O)(=O)c1cccc2cc(S(=O)(=O)Nc3ccc(Cl)c(Cl)c3)cc(O)c12. The van der Waals surface area contributed by atoms with Gasteiger partial charge >= 0.3 is 0 Å². The third-order valence-corrected chi connectivity index (χ3v) is 7.65. The summed E-state index contributed by atoms with van der Waals surface area (Å²) in [5.41, 5.74) is 0.175. The molecule has 0 spiro atoms. The van der Waals surface area contributed by atoms with E-state index in [4.69, 9.17) is 23.2 Å². The molecule has 0 atom stereocenters. The molecule has 3 aromatic carbocycles. The molecule has 3 N–H and O–H groups in total. The molecule has 0 amide bonds. The van der Waals surface area contributed by atoms with Gasteiger partial charge < -0.3 is 5.11 Å². The maximum atomic E-state index is 12.8. The van der Waals surface area contributed by atoms with Crippen LogP contribution in [0.25, 0.3) is 10.8 Å². The van der Waals surface area contributed by atoms with Crippen molar-refractivity contribution < 1.29 is 21.9 Å². The minimum absolute atomic E-state index is 0.000479. The summed E-state index contributed by atoms with van der Waals surface area (Å²) in [6.07, 6.45) is 1.38. The summed E-state index contributed by atoms with van der Waals surface area (Å²) < 4.78 is 55.2. The summed E-state index contributed by atoms with van der Waals surface area (Å²) in [7, 11) is -8.06. The number of phenolic OH excluding ortho intramolecular Hbond substituents is 1. The molecule has 0 radical (unpaired) electrons. The molecule has 11 heteroatoms. The van der Waals surface area contributed by atoms with Crippen LogP contribution in [0.1, 0.15) is 0 Å². The van der Waals surface area contributed by atoms with Gasteiger partial charge in [-0.25, -0.2) is 21.6 Å². The highest BCUT2D eigenvalue weighted by Crippen LogP contribution is 2.34. The van der Waals surface area contributed by atoms with Crippen LogP contribution in [0.15, 0.2) is 71.0 Å². The van der Waals surface area contributed by atoms with Gasteiger partial charge in [0.05, 0.1) is 25.5 Å². The first-order valence-corrected chi connectivity index (χ1v) is 12.1. The number of fused-ring (bicyclic) bond motifs is 1. The van der Waals surface area contributed by atoms with Crippen molar-refractivity contribution in [2.45, 2.75) is 9.79 Å². The van der Waals surface area contributed by atoms with Crippen LogP contribution in [0, 0.1) is 0 Å². The van der Waals surface area contributed by atoms with Crippen LogP contribution in [0.3, 0.4) is 0 Å². The highest BCUT2D eigenvalue weighted by molar-refractivity contribution is 7.92. The number of hydrogen-bond donors (Lipinski definition) is 3. The predicted molar refractivity (Wildman–Crippen MR) is 118 cm³/mol. The maximum absolute atomic E-state index is 12.8. The summed E-state index contributed by atoms with van der Waals surface area (Å²) >= 11 is 11.7. The van der Waals surface area contributed by atoms with E-state index < -0.39 is 25.8 Å². The van der Waals surface area contributed by atoms with E-state index in [0.29, 0.717) is 0 Å². The van der Waals surface area contributed by atoms with Crippen molar-refractivity contribution in [1.82, 2.24) is 4.72 Å². The first kappa shape index (κ1) is 22.4. The van der Waals surface area contributed by atoms with Gasteiger partial charge in [-0.05, 0) is 35.7 Å². The van der Waals surface area contributed by atoms with Gasteiger partial charge in [-0.2, -0.15) is 0 Å². The van der Waals surface area contributed by atoms with Gasteiger partial charge in [0.2, 0.25) is 10.0 Å². The molecular formula is C19H16Cl2N2O5S2. The fourth-order valence-electron chi connectivity index (χ4n) is 2.74. The van der Waals surface area contributed by atoms with Crippen molar-refractivity contribution in [3.05, 3.63) is 71.2 Å². The lowest BCUT2D eigenvalue weighted by atomic mass is 10.1. The van der Waals surface area contributed by atoms with Gasteiger partial charge in [-0.3, -0.25) is 4.72 Å².